The Bertz CT molecular complexity index is 1730. The van der Waals surface area contributed by atoms with Crippen molar-refractivity contribution < 1.29 is 18.7 Å². The van der Waals surface area contributed by atoms with Crippen molar-refractivity contribution in [2.45, 2.75) is 5.33 Å². The molecule has 1 aromatic carbocycles. The second-order valence-electron chi connectivity index (χ2n) is 7.99. The third-order valence-electron chi connectivity index (χ3n) is 5.02. The van der Waals surface area contributed by atoms with Crippen molar-refractivity contribution >= 4 is 93.0 Å². The Kier molecular flexibility index (Phi) is 13.2. The molecule has 0 aliphatic heterocycles. The SMILES string of the molecule is COC(=O)c1nc(Br)cnc1N.NNC(=O)c1nc(Br)cnc1N.Nc1ncc(Br)nc1-c1nnc(-c2ccc(CBr)cc2)o1. The number of esters is 1. The fourth-order valence-electron chi connectivity index (χ4n) is 2.94. The molecule has 0 fully saturated rings. The Morgan fingerprint density at radius 2 is 1.31 bits per heavy atom. The third-order valence-corrected chi connectivity index (χ3v) is 6.82. The molecule has 0 radical (unpaired) electrons. The van der Waals surface area contributed by atoms with Gasteiger partial charge in [-0.1, -0.05) is 28.1 Å². The summed E-state index contributed by atoms with van der Waals surface area (Å²) in [5.41, 5.74) is 20.8. The van der Waals surface area contributed by atoms with Gasteiger partial charge in [0.2, 0.25) is 5.89 Å². The van der Waals surface area contributed by atoms with E-state index in [1.807, 2.05) is 29.7 Å². The summed E-state index contributed by atoms with van der Waals surface area (Å²) in [6, 6.07) is 7.82. The Labute approximate surface area is 287 Å². The number of carbonyl (C=O) groups is 2. The highest BCUT2D eigenvalue weighted by atomic mass is 79.9. The molecule has 0 spiro atoms. The van der Waals surface area contributed by atoms with Crippen molar-refractivity contribution in [3.05, 3.63) is 73.6 Å². The zero-order valence-electron chi connectivity index (χ0n) is 22.8. The normalized spacial score (nSPS) is 10.1. The van der Waals surface area contributed by atoms with Crippen LogP contribution in [0.4, 0.5) is 17.5 Å². The highest BCUT2D eigenvalue weighted by Gasteiger charge is 2.16. The van der Waals surface area contributed by atoms with E-state index in [2.05, 4.69) is 109 Å². The van der Waals surface area contributed by atoms with Crippen molar-refractivity contribution in [3.63, 3.8) is 0 Å². The number of benzene rings is 1. The number of nitrogen functional groups attached to an aromatic ring is 4. The molecule has 45 heavy (non-hydrogen) atoms. The van der Waals surface area contributed by atoms with Crippen LogP contribution in [0.5, 0.6) is 0 Å². The quantitative estimate of drug-likeness (QED) is 0.0556. The Morgan fingerprint density at radius 1 is 0.800 bits per heavy atom. The monoisotopic (exact) mass is 871 g/mol. The first-order valence-corrected chi connectivity index (χ1v) is 15.4. The number of aromatic nitrogens is 8. The van der Waals surface area contributed by atoms with Gasteiger partial charge in [-0.2, -0.15) is 0 Å². The van der Waals surface area contributed by atoms with Crippen molar-refractivity contribution in [2.75, 3.05) is 24.3 Å². The first-order valence-electron chi connectivity index (χ1n) is 11.9. The van der Waals surface area contributed by atoms with Gasteiger partial charge < -0.3 is 26.4 Å². The van der Waals surface area contributed by atoms with Gasteiger partial charge in [-0.15, -0.1) is 10.2 Å². The molecule has 0 saturated heterocycles. The number of nitrogens with zero attached hydrogens (tertiary/aromatic N) is 8. The van der Waals surface area contributed by atoms with Crippen molar-refractivity contribution in [1.29, 1.82) is 0 Å². The van der Waals surface area contributed by atoms with Crippen molar-refractivity contribution in [3.8, 4) is 23.0 Å². The number of nitrogens with two attached hydrogens (primary N) is 4. The van der Waals surface area contributed by atoms with Crippen LogP contribution in [0.25, 0.3) is 23.0 Å². The molecule has 234 valence electrons. The molecule has 0 bridgehead atoms. The molecular weight excluding hydrogens is 854 g/mol. The van der Waals surface area contributed by atoms with Gasteiger partial charge in [0.05, 0.1) is 25.7 Å². The van der Waals surface area contributed by atoms with E-state index in [1.165, 1.54) is 31.3 Å². The fraction of sp³-hybridized carbons (Fsp3) is 0.0833. The minimum atomic E-state index is -0.596. The molecule has 1 amide bonds. The van der Waals surface area contributed by atoms with Crippen molar-refractivity contribution in [2.24, 2.45) is 5.84 Å². The number of halogens is 4. The first kappa shape index (κ1) is 35.3. The van der Waals surface area contributed by atoms with Crippen LogP contribution in [0.2, 0.25) is 0 Å². The van der Waals surface area contributed by atoms with Crippen LogP contribution in [0.1, 0.15) is 26.5 Å². The number of nitrogens with one attached hydrogen (secondary N) is 1. The molecular formula is C24H21Br4N13O4. The average Bonchev–Trinajstić information content (AvgIpc) is 3.54. The van der Waals surface area contributed by atoms with E-state index in [-0.39, 0.29) is 34.7 Å². The lowest BCUT2D eigenvalue weighted by Crippen LogP contribution is -2.31. The van der Waals surface area contributed by atoms with E-state index < -0.39 is 11.9 Å². The Morgan fingerprint density at radius 3 is 1.87 bits per heavy atom. The minimum Gasteiger partial charge on any atom is -0.464 e. The lowest BCUT2D eigenvalue weighted by Gasteiger charge is -2.01. The summed E-state index contributed by atoms with van der Waals surface area (Å²) in [4.78, 5) is 45.1. The summed E-state index contributed by atoms with van der Waals surface area (Å²) in [6.45, 7) is 0. The zero-order chi connectivity index (χ0) is 33.1. The largest absolute Gasteiger partial charge is 0.464 e. The predicted molar refractivity (Wildman–Crippen MR) is 177 cm³/mol. The van der Waals surface area contributed by atoms with Gasteiger partial charge >= 0.3 is 5.97 Å². The van der Waals surface area contributed by atoms with Gasteiger partial charge in [0, 0.05) is 10.9 Å². The molecule has 17 nitrogen and oxygen atoms in total. The number of carbonyl (C=O) groups excluding carboxylic acids is 2. The van der Waals surface area contributed by atoms with E-state index in [4.69, 9.17) is 27.5 Å². The van der Waals surface area contributed by atoms with Crippen LogP contribution in [-0.4, -0.2) is 59.1 Å². The van der Waals surface area contributed by atoms with Crippen LogP contribution in [0, 0.1) is 0 Å². The zero-order valence-corrected chi connectivity index (χ0v) is 29.1. The molecule has 0 aliphatic carbocycles. The number of anilines is 3. The molecule has 4 heterocycles. The highest BCUT2D eigenvalue weighted by Crippen LogP contribution is 2.26. The van der Waals surface area contributed by atoms with Crippen LogP contribution >= 0.6 is 63.7 Å². The maximum Gasteiger partial charge on any atom is 0.360 e. The Balaban J connectivity index is 0.000000198. The van der Waals surface area contributed by atoms with E-state index >= 15 is 0 Å². The number of ether oxygens (including phenoxy) is 1. The summed E-state index contributed by atoms with van der Waals surface area (Å²) in [5, 5.41) is 8.80. The highest BCUT2D eigenvalue weighted by molar-refractivity contribution is 9.11. The summed E-state index contributed by atoms with van der Waals surface area (Å²) in [7, 11) is 1.25. The van der Waals surface area contributed by atoms with Gasteiger partial charge in [-0.25, -0.2) is 40.5 Å². The van der Waals surface area contributed by atoms with E-state index in [9.17, 15) is 9.59 Å². The van der Waals surface area contributed by atoms with Gasteiger partial charge in [0.15, 0.2) is 34.5 Å². The van der Waals surface area contributed by atoms with Crippen LogP contribution < -0.4 is 28.5 Å². The van der Waals surface area contributed by atoms with Gasteiger partial charge in [0.1, 0.15) is 13.8 Å². The van der Waals surface area contributed by atoms with Gasteiger partial charge in [-0.05, 0) is 65.5 Å². The van der Waals surface area contributed by atoms with Crippen LogP contribution in [0.3, 0.4) is 0 Å². The predicted octanol–water partition coefficient (Wildman–Crippen LogP) is 3.47. The van der Waals surface area contributed by atoms with E-state index in [0.717, 1.165) is 10.9 Å². The minimum absolute atomic E-state index is 0.00637. The van der Waals surface area contributed by atoms with E-state index in [0.29, 0.717) is 25.4 Å². The molecule has 9 N–H and O–H groups in total. The number of hydrogen-bond acceptors (Lipinski definition) is 16. The number of rotatable bonds is 5. The standard InChI is InChI=1S/C13H9Br2N5O.C6H6BrN3O2.C5H6BrN5O/c14-5-7-1-3-8(4-2-7)12-19-20-13(21-12)10-11(16)17-6-9(15)18-10;1-12-6(11)4-5(8)9-2-3(7)10-4;6-2-1-9-4(7)3(10-2)5(12)11-8/h1-4,6H,5H2,(H2,16,17);2H,1H3,(H2,8,9);1H,8H2,(H2,7,9)(H,11,12). The number of hydrazine groups is 1. The number of amides is 1. The second kappa shape index (κ2) is 16.8. The van der Waals surface area contributed by atoms with Crippen LogP contribution in [-0.2, 0) is 10.1 Å². The first-order chi connectivity index (χ1) is 21.5. The molecule has 0 atom stereocenters. The molecule has 4 aromatic heterocycles. The molecule has 0 unspecified atom stereocenters. The lowest BCUT2D eigenvalue weighted by atomic mass is 10.1. The maximum absolute atomic E-state index is 11.0. The van der Waals surface area contributed by atoms with Crippen molar-refractivity contribution in [1.82, 2.24) is 45.5 Å². The number of methoxy groups -OCH3 is 1. The maximum atomic E-state index is 11.0. The van der Waals surface area contributed by atoms with Gasteiger partial charge in [-0.3, -0.25) is 10.2 Å². The summed E-state index contributed by atoms with van der Waals surface area (Å²) in [5.74, 6) is 4.71. The lowest BCUT2D eigenvalue weighted by molar-refractivity contribution is 0.0594. The smallest absolute Gasteiger partial charge is 0.360 e. The topological polar surface area (TPSA) is 276 Å². The third kappa shape index (κ3) is 9.91. The molecule has 5 rings (SSSR count). The fourth-order valence-corrected chi connectivity index (χ4v) is 4.16. The second-order valence-corrected chi connectivity index (χ2v) is 11.0. The average molecular weight is 875 g/mol. The number of alkyl halides is 1. The van der Waals surface area contributed by atoms with E-state index in [1.54, 1.807) is 0 Å². The molecule has 21 heteroatoms. The summed E-state index contributed by atoms with van der Waals surface area (Å²) in [6.07, 6.45) is 4.31. The summed E-state index contributed by atoms with van der Waals surface area (Å²) < 4.78 is 11.5. The molecule has 0 saturated carbocycles. The molecule has 0 aliphatic rings. The van der Waals surface area contributed by atoms with Crippen LogP contribution in [0.15, 0.2) is 61.1 Å². The number of hydrogen-bond donors (Lipinski definition) is 5. The Hall–Kier alpha value is -4.18. The summed E-state index contributed by atoms with van der Waals surface area (Å²) >= 11 is 12.7. The molecule has 5 aromatic rings. The van der Waals surface area contributed by atoms with Gasteiger partial charge in [0.25, 0.3) is 11.8 Å².